The van der Waals surface area contributed by atoms with Crippen molar-refractivity contribution < 1.29 is 4.74 Å². The lowest BCUT2D eigenvalue weighted by Crippen LogP contribution is -2.41. The number of methoxy groups -OCH3 is 1. The van der Waals surface area contributed by atoms with Gasteiger partial charge in [-0.05, 0) is 43.4 Å². The number of ether oxygens (including phenoxy) is 1. The van der Waals surface area contributed by atoms with Crippen LogP contribution in [0.5, 0.6) is 5.75 Å². The van der Waals surface area contributed by atoms with E-state index in [1.807, 2.05) is 12.1 Å². The first-order valence-corrected chi connectivity index (χ1v) is 7.65. The topological polar surface area (TPSA) is 45.7 Å². The number of hydrogen-bond donors (Lipinski definition) is 2. The molecule has 0 amide bonds. The highest BCUT2D eigenvalue weighted by molar-refractivity contribution is 5.79. The van der Waals surface area contributed by atoms with Gasteiger partial charge in [0.05, 0.1) is 7.11 Å². The molecule has 1 unspecified atom stereocenters. The van der Waals surface area contributed by atoms with Gasteiger partial charge in [-0.15, -0.1) is 0 Å². The summed E-state index contributed by atoms with van der Waals surface area (Å²) in [6.45, 7) is 7.45. The van der Waals surface area contributed by atoms with Gasteiger partial charge in [0.1, 0.15) is 5.75 Å². The highest BCUT2D eigenvalue weighted by atomic mass is 16.5. The lowest BCUT2D eigenvalue weighted by atomic mass is 10.0. The third-order valence-corrected chi connectivity index (χ3v) is 3.40. The van der Waals surface area contributed by atoms with Crippen molar-refractivity contribution >= 4 is 5.96 Å². The lowest BCUT2D eigenvalue weighted by molar-refractivity contribution is 0.414. The zero-order valence-electron chi connectivity index (χ0n) is 13.9. The van der Waals surface area contributed by atoms with Crippen molar-refractivity contribution in [3.05, 3.63) is 29.8 Å². The molecule has 1 atom stereocenters. The summed E-state index contributed by atoms with van der Waals surface area (Å²) in [5.41, 5.74) is 1.20. The first-order chi connectivity index (χ1) is 10.0. The van der Waals surface area contributed by atoms with E-state index in [2.05, 4.69) is 48.5 Å². The van der Waals surface area contributed by atoms with Crippen LogP contribution in [0.4, 0.5) is 0 Å². The van der Waals surface area contributed by atoms with E-state index in [4.69, 9.17) is 4.74 Å². The number of aliphatic imine (C=N–C) groups is 1. The Morgan fingerprint density at radius 1 is 1.14 bits per heavy atom. The summed E-state index contributed by atoms with van der Waals surface area (Å²) in [5.74, 6) is 2.47. The van der Waals surface area contributed by atoms with Crippen LogP contribution in [0.3, 0.4) is 0 Å². The Balaban J connectivity index is 2.39. The SMILES string of the molecule is CN=C(NCc1ccc(OC)cc1)NC(C)CCC(C)C. The molecule has 21 heavy (non-hydrogen) atoms. The fraction of sp³-hybridized carbons (Fsp3) is 0.588. The molecule has 0 bridgehead atoms. The van der Waals surface area contributed by atoms with E-state index in [0.717, 1.165) is 30.6 Å². The van der Waals surface area contributed by atoms with Crippen LogP contribution in [0, 0.1) is 5.92 Å². The minimum absolute atomic E-state index is 0.425. The molecule has 0 aliphatic carbocycles. The first kappa shape index (κ1) is 17.3. The number of nitrogens with one attached hydrogen (secondary N) is 2. The van der Waals surface area contributed by atoms with Gasteiger partial charge in [0, 0.05) is 19.6 Å². The molecule has 1 aromatic carbocycles. The summed E-state index contributed by atoms with van der Waals surface area (Å²) in [4.78, 5) is 4.27. The second kappa shape index (κ2) is 9.27. The van der Waals surface area contributed by atoms with Crippen LogP contribution in [0.2, 0.25) is 0 Å². The number of benzene rings is 1. The van der Waals surface area contributed by atoms with Crippen LogP contribution >= 0.6 is 0 Å². The van der Waals surface area contributed by atoms with Gasteiger partial charge < -0.3 is 15.4 Å². The molecule has 0 aromatic heterocycles. The van der Waals surface area contributed by atoms with Gasteiger partial charge in [0.25, 0.3) is 0 Å². The predicted octanol–water partition coefficient (Wildman–Crippen LogP) is 3.18. The Kier molecular flexibility index (Phi) is 7.65. The first-order valence-electron chi connectivity index (χ1n) is 7.65. The smallest absolute Gasteiger partial charge is 0.191 e. The van der Waals surface area contributed by atoms with E-state index in [-0.39, 0.29) is 0 Å². The Bertz CT molecular complexity index is 426. The van der Waals surface area contributed by atoms with E-state index in [1.165, 1.54) is 12.0 Å². The molecule has 0 radical (unpaired) electrons. The Morgan fingerprint density at radius 2 is 1.81 bits per heavy atom. The van der Waals surface area contributed by atoms with Crippen molar-refractivity contribution in [2.45, 2.75) is 46.2 Å². The van der Waals surface area contributed by atoms with Crippen LogP contribution in [0.25, 0.3) is 0 Å². The summed E-state index contributed by atoms with van der Waals surface area (Å²) in [6.07, 6.45) is 2.38. The molecule has 0 fully saturated rings. The Morgan fingerprint density at radius 3 is 2.33 bits per heavy atom. The van der Waals surface area contributed by atoms with Crippen LogP contribution in [-0.4, -0.2) is 26.2 Å². The van der Waals surface area contributed by atoms with Gasteiger partial charge in [0.15, 0.2) is 5.96 Å². The number of rotatable bonds is 7. The number of nitrogens with zero attached hydrogens (tertiary/aromatic N) is 1. The molecule has 0 heterocycles. The third-order valence-electron chi connectivity index (χ3n) is 3.40. The summed E-state index contributed by atoms with van der Waals surface area (Å²) >= 11 is 0. The number of hydrogen-bond acceptors (Lipinski definition) is 2. The third kappa shape index (κ3) is 7.02. The fourth-order valence-electron chi connectivity index (χ4n) is 2.01. The molecule has 4 nitrogen and oxygen atoms in total. The molecule has 1 rings (SSSR count). The normalized spacial score (nSPS) is 13.1. The lowest BCUT2D eigenvalue weighted by Gasteiger charge is -2.18. The molecule has 2 N–H and O–H groups in total. The average molecular weight is 291 g/mol. The molecule has 0 spiro atoms. The zero-order valence-corrected chi connectivity index (χ0v) is 13.9. The minimum Gasteiger partial charge on any atom is -0.497 e. The van der Waals surface area contributed by atoms with Crippen LogP contribution in [0.1, 0.15) is 39.2 Å². The van der Waals surface area contributed by atoms with Gasteiger partial charge in [-0.2, -0.15) is 0 Å². The van der Waals surface area contributed by atoms with Gasteiger partial charge in [0.2, 0.25) is 0 Å². The molecule has 0 aliphatic rings. The Labute approximate surface area is 129 Å². The maximum Gasteiger partial charge on any atom is 0.191 e. The van der Waals surface area contributed by atoms with Crippen LogP contribution in [-0.2, 0) is 6.54 Å². The summed E-state index contributed by atoms with van der Waals surface area (Å²) in [6, 6.07) is 8.48. The van der Waals surface area contributed by atoms with E-state index >= 15 is 0 Å². The van der Waals surface area contributed by atoms with Crippen molar-refractivity contribution in [2.75, 3.05) is 14.2 Å². The van der Waals surface area contributed by atoms with Gasteiger partial charge in [-0.3, -0.25) is 4.99 Å². The molecule has 4 heteroatoms. The molecule has 1 aromatic rings. The van der Waals surface area contributed by atoms with Crippen LogP contribution in [0.15, 0.2) is 29.3 Å². The van der Waals surface area contributed by atoms with E-state index in [9.17, 15) is 0 Å². The van der Waals surface area contributed by atoms with Crippen molar-refractivity contribution in [3.63, 3.8) is 0 Å². The molecule has 0 aliphatic heterocycles. The summed E-state index contributed by atoms with van der Waals surface area (Å²) in [5, 5.41) is 6.77. The fourth-order valence-corrected chi connectivity index (χ4v) is 2.01. The van der Waals surface area contributed by atoms with Gasteiger partial charge >= 0.3 is 0 Å². The van der Waals surface area contributed by atoms with Crippen molar-refractivity contribution in [1.82, 2.24) is 10.6 Å². The molecular formula is C17H29N3O. The quantitative estimate of drug-likeness (QED) is 0.599. The highest BCUT2D eigenvalue weighted by Crippen LogP contribution is 2.11. The largest absolute Gasteiger partial charge is 0.497 e. The minimum atomic E-state index is 0.425. The summed E-state index contributed by atoms with van der Waals surface area (Å²) in [7, 11) is 3.48. The van der Waals surface area contributed by atoms with Crippen molar-refractivity contribution in [1.29, 1.82) is 0 Å². The average Bonchev–Trinajstić information content (AvgIpc) is 2.49. The van der Waals surface area contributed by atoms with E-state index < -0.39 is 0 Å². The molecular weight excluding hydrogens is 262 g/mol. The van der Waals surface area contributed by atoms with E-state index in [0.29, 0.717) is 6.04 Å². The van der Waals surface area contributed by atoms with Crippen LogP contribution < -0.4 is 15.4 Å². The second-order valence-corrected chi connectivity index (χ2v) is 5.79. The maximum atomic E-state index is 5.16. The highest BCUT2D eigenvalue weighted by Gasteiger charge is 2.06. The molecule has 0 saturated heterocycles. The summed E-state index contributed by atoms with van der Waals surface area (Å²) < 4.78 is 5.16. The predicted molar refractivity (Wildman–Crippen MR) is 89.9 cm³/mol. The molecule has 118 valence electrons. The van der Waals surface area contributed by atoms with E-state index in [1.54, 1.807) is 14.2 Å². The van der Waals surface area contributed by atoms with Gasteiger partial charge in [-0.1, -0.05) is 26.0 Å². The standard InChI is InChI=1S/C17H29N3O/c1-13(2)6-7-14(3)20-17(18-4)19-12-15-8-10-16(21-5)11-9-15/h8-11,13-14H,6-7,12H2,1-5H3,(H2,18,19,20). The van der Waals surface area contributed by atoms with Gasteiger partial charge in [-0.25, -0.2) is 0 Å². The second-order valence-electron chi connectivity index (χ2n) is 5.79. The number of guanidine groups is 1. The zero-order chi connectivity index (χ0) is 15.7. The molecule has 0 saturated carbocycles. The monoisotopic (exact) mass is 291 g/mol. The van der Waals surface area contributed by atoms with Crippen molar-refractivity contribution in [2.24, 2.45) is 10.9 Å². The Hall–Kier alpha value is -1.71. The maximum absolute atomic E-state index is 5.16. The van der Waals surface area contributed by atoms with Crippen molar-refractivity contribution in [3.8, 4) is 5.75 Å².